The van der Waals surface area contributed by atoms with Gasteiger partial charge in [-0.15, -0.1) is 0 Å². The Bertz CT molecular complexity index is 610. The Morgan fingerprint density at radius 2 is 2.15 bits per heavy atom. The fraction of sp³-hybridized carbons (Fsp3) is 0.500. The number of H-pyrrole nitrogens is 1. The van der Waals surface area contributed by atoms with Crippen LogP contribution >= 0.6 is 0 Å². The summed E-state index contributed by atoms with van der Waals surface area (Å²) in [5, 5.41) is 2.40. The number of alkyl carbamates (subject to hydrolysis) is 1. The highest BCUT2D eigenvalue weighted by molar-refractivity contribution is 5.85. The Hall–Kier alpha value is -2.38. The van der Waals surface area contributed by atoms with E-state index in [2.05, 4.69) is 20.0 Å². The van der Waals surface area contributed by atoms with Gasteiger partial charge in [-0.2, -0.15) is 0 Å². The third-order valence-electron chi connectivity index (χ3n) is 3.11. The maximum Gasteiger partial charge on any atom is 0.407 e. The molecule has 0 fully saturated rings. The van der Waals surface area contributed by atoms with Gasteiger partial charge < -0.3 is 19.9 Å². The van der Waals surface area contributed by atoms with Crippen LogP contribution in [0.1, 0.15) is 24.0 Å². The highest BCUT2D eigenvalue weighted by Crippen LogP contribution is 2.18. The average Bonchev–Trinajstić information content (AvgIpc) is 2.81. The van der Waals surface area contributed by atoms with Crippen molar-refractivity contribution in [2.75, 3.05) is 7.11 Å². The number of aryl methyl sites for hydroxylation is 1. The number of aromatic amines is 1. The molecule has 0 saturated heterocycles. The van der Waals surface area contributed by atoms with Gasteiger partial charge in [-0.1, -0.05) is 0 Å². The predicted molar refractivity (Wildman–Crippen MR) is 68.9 cm³/mol. The number of hydrogen-bond donors (Lipinski definition) is 2. The standard InChI is InChI=1S/C12H16N4O4/c1-6(13-12(19)20-3)11(18)16-4-8-9(5-16)14-7(2)15-10(8)17/h6H,4-5H2,1-3H3,(H,13,19)(H,14,15,17)/t6-/m0/s1. The monoisotopic (exact) mass is 280 g/mol. The number of hydrogen-bond acceptors (Lipinski definition) is 5. The van der Waals surface area contributed by atoms with Crippen LogP contribution in [-0.2, 0) is 22.6 Å². The minimum Gasteiger partial charge on any atom is -0.453 e. The Morgan fingerprint density at radius 3 is 2.80 bits per heavy atom. The first-order valence-corrected chi connectivity index (χ1v) is 6.14. The largest absolute Gasteiger partial charge is 0.453 e. The molecule has 2 amide bonds. The molecule has 2 N–H and O–H groups in total. The Labute approximate surface area is 115 Å². The van der Waals surface area contributed by atoms with Crippen molar-refractivity contribution in [3.8, 4) is 0 Å². The van der Waals surface area contributed by atoms with E-state index in [1.54, 1.807) is 13.8 Å². The molecule has 0 radical (unpaired) electrons. The number of aromatic nitrogens is 2. The van der Waals surface area contributed by atoms with Gasteiger partial charge >= 0.3 is 6.09 Å². The van der Waals surface area contributed by atoms with E-state index in [0.717, 1.165) is 0 Å². The van der Waals surface area contributed by atoms with E-state index in [-0.39, 0.29) is 24.6 Å². The molecule has 8 heteroatoms. The summed E-state index contributed by atoms with van der Waals surface area (Å²) in [7, 11) is 1.23. The molecule has 0 aromatic carbocycles. The molecule has 0 unspecified atom stereocenters. The zero-order chi connectivity index (χ0) is 14.9. The van der Waals surface area contributed by atoms with Gasteiger partial charge in [0, 0.05) is 0 Å². The Morgan fingerprint density at radius 1 is 1.45 bits per heavy atom. The number of carbonyl (C=O) groups excluding carboxylic acids is 2. The number of rotatable bonds is 2. The van der Waals surface area contributed by atoms with Crippen molar-refractivity contribution < 1.29 is 14.3 Å². The first-order valence-electron chi connectivity index (χ1n) is 6.14. The van der Waals surface area contributed by atoms with Gasteiger partial charge in [0.1, 0.15) is 11.9 Å². The van der Waals surface area contributed by atoms with Crippen LogP contribution in [0.2, 0.25) is 0 Å². The van der Waals surface area contributed by atoms with Gasteiger partial charge in [-0.3, -0.25) is 9.59 Å². The summed E-state index contributed by atoms with van der Waals surface area (Å²) in [6.45, 7) is 3.72. The topological polar surface area (TPSA) is 104 Å². The number of ether oxygens (including phenoxy) is 1. The Kier molecular flexibility index (Phi) is 3.73. The minimum absolute atomic E-state index is 0.198. The van der Waals surface area contributed by atoms with Crippen molar-refractivity contribution in [1.82, 2.24) is 20.2 Å². The fourth-order valence-corrected chi connectivity index (χ4v) is 2.12. The van der Waals surface area contributed by atoms with Gasteiger partial charge in [0.05, 0.1) is 31.5 Å². The molecule has 8 nitrogen and oxygen atoms in total. The van der Waals surface area contributed by atoms with Gasteiger partial charge in [0.25, 0.3) is 5.56 Å². The van der Waals surface area contributed by atoms with E-state index in [1.165, 1.54) is 12.0 Å². The molecule has 1 aliphatic rings. The first kappa shape index (κ1) is 14.0. The molecule has 1 aliphatic heterocycles. The van der Waals surface area contributed by atoms with E-state index in [4.69, 9.17) is 0 Å². The van der Waals surface area contributed by atoms with Crippen LogP contribution in [0.4, 0.5) is 4.79 Å². The maximum absolute atomic E-state index is 12.2. The molecule has 0 saturated carbocycles. The van der Waals surface area contributed by atoms with Gasteiger partial charge in [-0.05, 0) is 13.8 Å². The smallest absolute Gasteiger partial charge is 0.407 e. The second kappa shape index (κ2) is 5.32. The lowest BCUT2D eigenvalue weighted by Crippen LogP contribution is -2.45. The van der Waals surface area contributed by atoms with Crippen LogP contribution in [0.5, 0.6) is 0 Å². The number of fused-ring (bicyclic) bond motifs is 1. The highest BCUT2D eigenvalue weighted by Gasteiger charge is 2.30. The normalized spacial score (nSPS) is 14.7. The van der Waals surface area contributed by atoms with E-state index in [9.17, 15) is 14.4 Å². The van der Waals surface area contributed by atoms with Crippen LogP contribution in [0, 0.1) is 6.92 Å². The third-order valence-corrected chi connectivity index (χ3v) is 3.11. The van der Waals surface area contributed by atoms with Crippen LogP contribution in [0.25, 0.3) is 0 Å². The van der Waals surface area contributed by atoms with E-state index in [1.807, 2.05) is 0 Å². The molecule has 2 heterocycles. The van der Waals surface area contributed by atoms with Crippen molar-refractivity contribution in [3.63, 3.8) is 0 Å². The summed E-state index contributed by atoms with van der Waals surface area (Å²) in [6, 6.07) is -0.725. The number of carbonyl (C=O) groups is 2. The molecule has 0 spiro atoms. The van der Waals surface area contributed by atoms with Crippen molar-refractivity contribution in [3.05, 3.63) is 27.4 Å². The number of methoxy groups -OCH3 is 1. The molecule has 1 aromatic heterocycles. The van der Waals surface area contributed by atoms with Crippen molar-refractivity contribution >= 4 is 12.0 Å². The van der Waals surface area contributed by atoms with Crippen LogP contribution in [-0.4, -0.2) is 40.0 Å². The lowest BCUT2D eigenvalue weighted by atomic mass is 10.3. The summed E-state index contributed by atoms with van der Waals surface area (Å²) in [5.41, 5.74) is 0.871. The van der Waals surface area contributed by atoms with Gasteiger partial charge in [0.15, 0.2) is 0 Å². The molecule has 2 rings (SSSR count). The summed E-state index contributed by atoms with van der Waals surface area (Å²) in [5.74, 6) is 0.231. The average molecular weight is 280 g/mol. The molecule has 20 heavy (non-hydrogen) atoms. The van der Waals surface area contributed by atoms with Crippen molar-refractivity contribution in [2.45, 2.75) is 33.0 Å². The molecule has 1 aromatic rings. The summed E-state index contributed by atoms with van der Waals surface area (Å²) < 4.78 is 4.44. The van der Waals surface area contributed by atoms with E-state index < -0.39 is 12.1 Å². The van der Waals surface area contributed by atoms with Gasteiger partial charge in [-0.25, -0.2) is 9.78 Å². The second-order valence-corrected chi connectivity index (χ2v) is 4.63. The molecule has 0 aliphatic carbocycles. The zero-order valence-corrected chi connectivity index (χ0v) is 11.5. The van der Waals surface area contributed by atoms with Crippen molar-refractivity contribution in [2.24, 2.45) is 0 Å². The third kappa shape index (κ3) is 2.63. The number of amides is 2. The Balaban J connectivity index is 2.11. The molecule has 108 valence electrons. The molecular formula is C12H16N4O4. The summed E-state index contributed by atoms with van der Waals surface area (Å²) in [6.07, 6.45) is -0.672. The minimum atomic E-state index is -0.725. The maximum atomic E-state index is 12.2. The number of nitrogens with one attached hydrogen (secondary N) is 2. The summed E-state index contributed by atoms with van der Waals surface area (Å²) >= 11 is 0. The second-order valence-electron chi connectivity index (χ2n) is 4.63. The van der Waals surface area contributed by atoms with Crippen LogP contribution in [0.3, 0.4) is 0 Å². The quantitative estimate of drug-likeness (QED) is 0.771. The number of nitrogens with zero attached hydrogens (tertiary/aromatic N) is 2. The van der Waals surface area contributed by atoms with Crippen LogP contribution < -0.4 is 10.9 Å². The zero-order valence-electron chi connectivity index (χ0n) is 11.5. The molecule has 0 bridgehead atoms. The highest BCUT2D eigenvalue weighted by atomic mass is 16.5. The fourth-order valence-electron chi connectivity index (χ4n) is 2.12. The lowest BCUT2D eigenvalue weighted by Gasteiger charge is -2.20. The SMILES string of the molecule is COC(=O)N[C@@H](C)C(=O)N1Cc2nc(C)[nH]c(=O)c2C1. The molecule has 1 atom stereocenters. The summed E-state index contributed by atoms with van der Waals surface area (Å²) in [4.78, 5) is 43.3. The van der Waals surface area contributed by atoms with Gasteiger partial charge in [0.2, 0.25) is 5.91 Å². The first-order chi connectivity index (χ1) is 9.42. The lowest BCUT2D eigenvalue weighted by molar-refractivity contribution is -0.133. The predicted octanol–water partition coefficient (Wildman–Crippen LogP) is -0.335. The molecular weight excluding hydrogens is 264 g/mol. The van der Waals surface area contributed by atoms with E-state index in [0.29, 0.717) is 17.1 Å². The van der Waals surface area contributed by atoms with Crippen LogP contribution in [0.15, 0.2) is 4.79 Å². The van der Waals surface area contributed by atoms with Crippen molar-refractivity contribution in [1.29, 1.82) is 0 Å². The van der Waals surface area contributed by atoms with E-state index >= 15 is 0 Å².